The third-order valence-corrected chi connectivity index (χ3v) is 5.06. The van der Waals surface area contributed by atoms with E-state index in [1.807, 2.05) is 12.1 Å². The highest BCUT2D eigenvalue weighted by molar-refractivity contribution is 5.78. The van der Waals surface area contributed by atoms with Crippen LogP contribution < -0.4 is 20.7 Å². The molecule has 0 spiro atoms. The lowest BCUT2D eigenvalue weighted by Gasteiger charge is -2.11. The molecule has 10 nitrogen and oxygen atoms in total. The number of methoxy groups -OCH3 is 2. The maximum atomic E-state index is 12.8. The van der Waals surface area contributed by atoms with Gasteiger partial charge in [0.05, 0.1) is 26.5 Å². The zero-order valence-electron chi connectivity index (χ0n) is 16.5. The van der Waals surface area contributed by atoms with E-state index in [4.69, 9.17) is 9.47 Å². The summed E-state index contributed by atoms with van der Waals surface area (Å²) in [6.07, 6.45) is 1.77. The maximum absolute atomic E-state index is 12.8. The number of nitrogens with zero attached hydrogens (tertiary/aromatic N) is 5. The Morgan fingerprint density at radius 2 is 1.79 bits per heavy atom. The molecular formula is C19H21N5O5. The van der Waals surface area contributed by atoms with Crippen LogP contribution in [0.25, 0.3) is 28.2 Å². The monoisotopic (exact) mass is 399 g/mol. The quantitative estimate of drug-likeness (QED) is 0.520. The van der Waals surface area contributed by atoms with Crippen molar-refractivity contribution < 1.29 is 14.6 Å². The molecule has 1 N–H and O–H groups in total. The van der Waals surface area contributed by atoms with E-state index in [2.05, 4.69) is 4.98 Å². The molecule has 29 heavy (non-hydrogen) atoms. The number of aromatic nitrogens is 5. The lowest BCUT2D eigenvalue weighted by atomic mass is 10.1. The number of ether oxygens (including phenoxy) is 2. The van der Waals surface area contributed by atoms with Crippen LogP contribution in [0.2, 0.25) is 0 Å². The van der Waals surface area contributed by atoms with Crippen molar-refractivity contribution in [1.29, 1.82) is 0 Å². The Bertz CT molecular complexity index is 1360. The number of fused-ring (bicyclic) bond motifs is 3. The van der Waals surface area contributed by atoms with Gasteiger partial charge in [0.2, 0.25) is 5.78 Å². The summed E-state index contributed by atoms with van der Waals surface area (Å²) in [5.74, 6) is 1.61. The molecule has 4 aromatic rings. The summed E-state index contributed by atoms with van der Waals surface area (Å²) in [6, 6.07) is 5.46. The van der Waals surface area contributed by atoms with E-state index in [1.165, 1.54) is 11.6 Å². The van der Waals surface area contributed by atoms with Crippen molar-refractivity contribution in [3.8, 4) is 22.8 Å². The summed E-state index contributed by atoms with van der Waals surface area (Å²) in [7, 11) is 6.12. The summed E-state index contributed by atoms with van der Waals surface area (Å²) in [5, 5.41) is 9.60. The number of aliphatic hydroxyl groups excluding tert-OH is 1. The fraction of sp³-hybridized carbons (Fsp3) is 0.316. The van der Waals surface area contributed by atoms with Crippen molar-refractivity contribution in [3.05, 3.63) is 45.2 Å². The van der Waals surface area contributed by atoms with Crippen LogP contribution in [-0.4, -0.2) is 49.0 Å². The van der Waals surface area contributed by atoms with Crippen molar-refractivity contribution >= 4 is 16.9 Å². The molecule has 0 aliphatic heterocycles. The topological polar surface area (TPSA) is 105 Å². The van der Waals surface area contributed by atoms with Crippen LogP contribution in [0.1, 0.15) is 0 Å². The number of hydrogen-bond acceptors (Lipinski definition) is 6. The third-order valence-electron chi connectivity index (χ3n) is 5.06. The van der Waals surface area contributed by atoms with Gasteiger partial charge in [-0.05, 0) is 18.2 Å². The molecule has 0 saturated carbocycles. The minimum absolute atomic E-state index is 0.120. The molecule has 0 saturated heterocycles. The zero-order chi connectivity index (χ0) is 20.9. The molecule has 0 bridgehead atoms. The van der Waals surface area contributed by atoms with E-state index in [0.717, 1.165) is 15.8 Å². The van der Waals surface area contributed by atoms with Crippen molar-refractivity contribution in [3.63, 3.8) is 0 Å². The lowest BCUT2D eigenvalue weighted by Crippen LogP contribution is -2.37. The van der Waals surface area contributed by atoms with Gasteiger partial charge in [0.1, 0.15) is 0 Å². The molecule has 152 valence electrons. The number of rotatable bonds is 5. The molecule has 4 rings (SSSR count). The number of hydrogen-bond donors (Lipinski definition) is 1. The Labute approximate surface area is 164 Å². The minimum Gasteiger partial charge on any atom is -0.493 e. The number of aliphatic hydroxyl groups is 1. The Morgan fingerprint density at radius 1 is 1.07 bits per heavy atom. The largest absolute Gasteiger partial charge is 0.493 e. The van der Waals surface area contributed by atoms with Crippen LogP contribution in [0, 0.1) is 0 Å². The predicted molar refractivity (Wildman–Crippen MR) is 107 cm³/mol. The standard InChI is InChI=1S/C19H21N5O5/c1-21-16-15(17(26)22(2)19(21)27)24-10-12(23(7-8-25)18(24)20-16)11-5-6-13(28-3)14(9-11)29-4/h5-6,9-10,25H,7-8H2,1-4H3. The molecule has 3 heterocycles. The van der Waals surface area contributed by atoms with Gasteiger partial charge >= 0.3 is 5.69 Å². The second-order valence-corrected chi connectivity index (χ2v) is 6.62. The highest BCUT2D eigenvalue weighted by Crippen LogP contribution is 2.33. The van der Waals surface area contributed by atoms with Gasteiger partial charge in [0.25, 0.3) is 5.56 Å². The smallest absolute Gasteiger partial charge is 0.332 e. The van der Waals surface area contributed by atoms with E-state index >= 15 is 0 Å². The SMILES string of the molecule is COc1ccc(-c2cn3c4c(=O)n(C)c(=O)n(C)c4nc3n2CCO)cc1OC. The second-order valence-electron chi connectivity index (χ2n) is 6.62. The summed E-state index contributed by atoms with van der Waals surface area (Å²) in [6.45, 7) is 0.141. The molecule has 10 heteroatoms. The van der Waals surface area contributed by atoms with Gasteiger partial charge in [-0.25, -0.2) is 4.79 Å². The molecule has 0 amide bonds. The van der Waals surface area contributed by atoms with Crippen LogP contribution in [-0.2, 0) is 20.6 Å². The van der Waals surface area contributed by atoms with E-state index in [1.54, 1.807) is 42.5 Å². The summed E-state index contributed by atoms with van der Waals surface area (Å²) < 4.78 is 16.5. The van der Waals surface area contributed by atoms with E-state index < -0.39 is 11.2 Å². The molecule has 0 unspecified atom stereocenters. The molecule has 0 aliphatic rings. The lowest BCUT2D eigenvalue weighted by molar-refractivity contribution is 0.278. The first-order valence-corrected chi connectivity index (χ1v) is 8.93. The molecule has 3 aromatic heterocycles. The Balaban J connectivity index is 2.08. The Kier molecular flexibility index (Phi) is 4.42. The van der Waals surface area contributed by atoms with Gasteiger partial charge in [-0.15, -0.1) is 0 Å². The number of benzene rings is 1. The maximum Gasteiger partial charge on any atom is 0.332 e. The van der Waals surface area contributed by atoms with E-state index in [-0.39, 0.29) is 13.2 Å². The van der Waals surface area contributed by atoms with Crippen molar-refractivity contribution in [2.45, 2.75) is 6.54 Å². The van der Waals surface area contributed by atoms with Crippen LogP contribution in [0.4, 0.5) is 0 Å². The summed E-state index contributed by atoms with van der Waals surface area (Å²) >= 11 is 0. The average Bonchev–Trinajstić information content (AvgIpc) is 3.27. The fourth-order valence-electron chi connectivity index (χ4n) is 3.56. The Morgan fingerprint density at radius 3 is 2.45 bits per heavy atom. The number of aryl methyl sites for hydroxylation is 1. The average molecular weight is 399 g/mol. The first-order valence-electron chi connectivity index (χ1n) is 8.93. The highest BCUT2D eigenvalue weighted by atomic mass is 16.5. The summed E-state index contributed by atoms with van der Waals surface area (Å²) in [5.41, 5.74) is 1.24. The normalized spacial score (nSPS) is 11.5. The van der Waals surface area contributed by atoms with Gasteiger partial charge < -0.3 is 19.1 Å². The van der Waals surface area contributed by atoms with Crippen LogP contribution in [0.5, 0.6) is 11.5 Å². The number of imidazole rings is 2. The molecule has 0 aliphatic carbocycles. The van der Waals surface area contributed by atoms with Gasteiger partial charge in [0, 0.05) is 32.4 Å². The Hall–Kier alpha value is -3.53. The fourth-order valence-corrected chi connectivity index (χ4v) is 3.56. The minimum atomic E-state index is -0.447. The zero-order valence-corrected chi connectivity index (χ0v) is 16.5. The van der Waals surface area contributed by atoms with Gasteiger partial charge in [-0.1, -0.05) is 0 Å². The van der Waals surface area contributed by atoms with E-state index in [9.17, 15) is 14.7 Å². The van der Waals surface area contributed by atoms with Crippen molar-refractivity contribution in [2.75, 3.05) is 20.8 Å². The second kappa shape index (κ2) is 6.82. The third kappa shape index (κ3) is 2.64. The molecule has 1 aromatic carbocycles. The summed E-state index contributed by atoms with van der Waals surface area (Å²) in [4.78, 5) is 29.5. The van der Waals surface area contributed by atoms with Gasteiger partial charge in [-0.2, -0.15) is 4.98 Å². The molecule has 0 radical (unpaired) electrons. The first kappa shape index (κ1) is 18.8. The molecule has 0 fully saturated rings. The first-order chi connectivity index (χ1) is 13.9. The van der Waals surface area contributed by atoms with E-state index in [0.29, 0.717) is 28.4 Å². The molecular weight excluding hydrogens is 378 g/mol. The highest BCUT2D eigenvalue weighted by Gasteiger charge is 2.21. The van der Waals surface area contributed by atoms with Crippen LogP contribution in [0.3, 0.4) is 0 Å². The molecule has 0 atom stereocenters. The van der Waals surface area contributed by atoms with Crippen molar-refractivity contribution in [1.82, 2.24) is 23.1 Å². The predicted octanol–water partition coefficient (Wildman–Crippen LogP) is 0.363. The van der Waals surface area contributed by atoms with Crippen LogP contribution in [0.15, 0.2) is 34.0 Å². The van der Waals surface area contributed by atoms with Gasteiger partial charge in [-0.3, -0.25) is 18.3 Å². The van der Waals surface area contributed by atoms with Gasteiger partial charge in [0.15, 0.2) is 22.7 Å². The van der Waals surface area contributed by atoms with Crippen molar-refractivity contribution in [2.24, 2.45) is 14.1 Å². The van der Waals surface area contributed by atoms with Crippen LogP contribution >= 0.6 is 0 Å².